The highest BCUT2D eigenvalue weighted by atomic mass is 16.5. The summed E-state index contributed by atoms with van der Waals surface area (Å²) in [5.74, 6) is 0.190. The van der Waals surface area contributed by atoms with Gasteiger partial charge in [0.25, 0.3) is 5.91 Å². The van der Waals surface area contributed by atoms with Gasteiger partial charge in [-0.1, -0.05) is 18.2 Å². The lowest BCUT2D eigenvalue weighted by molar-refractivity contribution is -0.118. The van der Waals surface area contributed by atoms with E-state index in [9.17, 15) is 14.4 Å². The van der Waals surface area contributed by atoms with Crippen molar-refractivity contribution in [3.05, 3.63) is 81.7 Å². The lowest BCUT2D eigenvalue weighted by Crippen LogP contribution is -2.39. The summed E-state index contributed by atoms with van der Waals surface area (Å²) < 4.78 is 5.87. The molecule has 1 amide bonds. The molecule has 6 nitrogen and oxygen atoms in total. The maximum Gasteiger partial charge on any atom is 0.262 e. The van der Waals surface area contributed by atoms with E-state index in [-0.39, 0.29) is 30.0 Å². The molecule has 0 radical (unpaired) electrons. The molecule has 5 rings (SSSR count). The van der Waals surface area contributed by atoms with Gasteiger partial charge in [0.15, 0.2) is 18.2 Å². The highest BCUT2D eigenvalue weighted by molar-refractivity contribution is 6.06. The second-order valence-corrected chi connectivity index (χ2v) is 10.2. The Hall–Kier alpha value is -3.67. The van der Waals surface area contributed by atoms with Gasteiger partial charge < -0.3 is 15.0 Å². The number of amides is 1. The molecule has 1 heterocycles. The summed E-state index contributed by atoms with van der Waals surface area (Å²) in [6, 6.07) is 13.3. The van der Waals surface area contributed by atoms with Gasteiger partial charge in [-0.3, -0.25) is 14.4 Å². The van der Waals surface area contributed by atoms with E-state index in [1.54, 1.807) is 0 Å². The fraction of sp³-hybridized carbons (Fsp3) is 0.387. The van der Waals surface area contributed by atoms with Gasteiger partial charge in [-0.25, -0.2) is 0 Å². The molecule has 1 aliphatic heterocycles. The Morgan fingerprint density at radius 3 is 2.22 bits per heavy atom. The number of anilines is 1. The number of benzene rings is 2. The summed E-state index contributed by atoms with van der Waals surface area (Å²) in [6.45, 7) is 6.75. The number of carbonyl (C=O) groups is 3. The van der Waals surface area contributed by atoms with Crippen LogP contribution in [0.15, 0.2) is 65.0 Å². The first-order valence-corrected chi connectivity index (χ1v) is 13.3. The number of carbonyl (C=O) groups excluding carboxylic acids is 3. The van der Waals surface area contributed by atoms with Crippen molar-refractivity contribution in [3.8, 4) is 5.75 Å². The Labute approximate surface area is 218 Å². The normalized spacial score (nSPS) is 18.1. The van der Waals surface area contributed by atoms with Crippen LogP contribution in [-0.2, 0) is 14.4 Å². The summed E-state index contributed by atoms with van der Waals surface area (Å²) >= 11 is 0. The average Bonchev–Trinajstić information content (AvgIpc) is 2.89. The van der Waals surface area contributed by atoms with E-state index in [1.807, 2.05) is 56.3 Å². The van der Waals surface area contributed by atoms with E-state index in [1.165, 1.54) is 5.56 Å². The minimum absolute atomic E-state index is 0.133. The molecule has 2 aromatic carbocycles. The van der Waals surface area contributed by atoms with Crippen LogP contribution in [-0.4, -0.2) is 35.5 Å². The minimum atomic E-state index is -0.374. The fourth-order valence-electron chi connectivity index (χ4n) is 5.88. The predicted molar refractivity (Wildman–Crippen MR) is 143 cm³/mol. The van der Waals surface area contributed by atoms with Crippen molar-refractivity contribution in [2.75, 3.05) is 18.5 Å². The highest BCUT2D eigenvalue weighted by Crippen LogP contribution is 2.49. The highest BCUT2D eigenvalue weighted by Gasteiger charge is 2.42. The van der Waals surface area contributed by atoms with Crippen molar-refractivity contribution in [2.45, 2.75) is 65.2 Å². The summed E-state index contributed by atoms with van der Waals surface area (Å²) in [7, 11) is 0. The first kappa shape index (κ1) is 25.0. The molecule has 0 spiro atoms. The Bertz CT molecular complexity index is 1290. The smallest absolute Gasteiger partial charge is 0.262 e. The molecule has 0 saturated heterocycles. The molecule has 1 N–H and O–H groups in total. The van der Waals surface area contributed by atoms with Crippen LogP contribution in [0.2, 0.25) is 0 Å². The molecular formula is C31H34N2O4. The van der Waals surface area contributed by atoms with Crippen molar-refractivity contribution in [2.24, 2.45) is 0 Å². The summed E-state index contributed by atoms with van der Waals surface area (Å²) in [5.41, 5.74) is 7.58. The number of ketones is 2. The van der Waals surface area contributed by atoms with Crippen LogP contribution >= 0.6 is 0 Å². The standard InChI is InChI=1S/C31H34N2O4/c1-4-33-24-10-6-12-26(34)30(24)29(31-25(33)11-7-13-27(31)35)21-8-5-9-23(17-21)37-18-28(36)32-22-15-14-19(2)20(3)16-22/h5,8-9,14-17,29H,4,6-7,10-13,18H2,1-3H3,(H,32,36). The molecular weight excluding hydrogens is 464 g/mol. The number of nitrogens with zero attached hydrogens (tertiary/aromatic N) is 1. The van der Waals surface area contributed by atoms with Crippen LogP contribution in [0.1, 0.15) is 68.1 Å². The van der Waals surface area contributed by atoms with Gasteiger partial charge in [0.2, 0.25) is 0 Å². The van der Waals surface area contributed by atoms with Crippen LogP contribution in [0.25, 0.3) is 0 Å². The summed E-state index contributed by atoms with van der Waals surface area (Å²) in [4.78, 5) is 41.3. The number of hydrogen-bond acceptors (Lipinski definition) is 5. The van der Waals surface area contributed by atoms with Gasteiger partial charge in [-0.2, -0.15) is 0 Å². The summed E-state index contributed by atoms with van der Waals surface area (Å²) in [6.07, 6.45) is 4.42. The van der Waals surface area contributed by atoms with E-state index in [2.05, 4.69) is 17.1 Å². The maximum atomic E-state index is 13.3. The van der Waals surface area contributed by atoms with Gasteiger partial charge in [0, 0.05) is 53.5 Å². The average molecular weight is 499 g/mol. The molecule has 37 heavy (non-hydrogen) atoms. The number of hydrogen-bond donors (Lipinski definition) is 1. The molecule has 0 unspecified atom stereocenters. The molecule has 6 heteroatoms. The summed E-state index contributed by atoms with van der Waals surface area (Å²) in [5, 5.41) is 2.88. The van der Waals surface area contributed by atoms with E-state index in [0.29, 0.717) is 18.6 Å². The zero-order valence-electron chi connectivity index (χ0n) is 21.9. The first-order valence-electron chi connectivity index (χ1n) is 13.3. The number of nitrogens with one attached hydrogen (secondary N) is 1. The Balaban J connectivity index is 1.42. The quantitative estimate of drug-likeness (QED) is 0.549. The van der Waals surface area contributed by atoms with Gasteiger partial charge in [0.05, 0.1) is 0 Å². The third-order valence-corrected chi connectivity index (χ3v) is 7.75. The molecule has 0 saturated carbocycles. The van der Waals surface area contributed by atoms with Gasteiger partial charge >= 0.3 is 0 Å². The molecule has 0 aromatic heterocycles. The predicted octanol–water partition coefficient (Wildman–Crippen LogP) is 5.75. The van der Waals surface area contributed by atoms with E-state index >= 15 is 0 Å². The fourth-order valence-corrected chi connectivity index (χ4v) is 5.88. The van der Waals surface area contributed by atoms with Crippen molar-refractivity contribution < 1.29 is 19.1 Å². The van der Waals surface area contributed by atoms with Crippen molar-refractivity contribution in [1.29, 1.82) is 0 Å². The lowest BCUT2D eigenvalue weighted by atomic mass is 9.71. The SMILES string of the molecule is CCN1C2=C(C(=O)CCC2)C(c2cccc(OCC(=O)Nc3ccc(C)c(C)c3)c2)C2=C1CCCC2=O. The molecule has 2 aromatic rings. The zero-order valence-corrected chi connectivity index (χ0v) is 21.9. The Morgan fingerprint density at radius 1 is 0.919 bits per heavy atom. The largest absolute Gasteiger partial charge is 0.484 e. The van der Waals surface area contributed by atoms with Crippen LogP contribution in [0.5, 0.6) is 5.75 Å². The third-order valence-electron chi connectivity index (χ3n) is 7.75. The van der Waals surface area contributed by atoms with Crippen LogP contribution in [0.3, 0.4) is 0 Å². The number of aryl methyl sites for hydroxylation is 2. The molecule has 2 aliphatic carbocycles. The second kappa shape index (κ2) is 10.4. The molecule has 0 fully saturated rings. The molecule has 0 bridgehead atoms. The van der Waals surface area contributed by atoms with E-state index < -0.39 is 0 Å². The van der Waals surface area contributed by atoms with Gasteiger partial charge in [-0.05, 0) is 87.4 Å². The number of Topliss-reactive ketones (excluding diaryl/α,β-unsaturated/α-hetero) is 2. The molecule has 0 atom stereocenters. The van der Waals surface area contributed by atoms with E-state index in [0.717, 1.165) is 71.6 Å². The zero-order chi connectivity index (χ0) is 26.1. The van der Waals surface area contributed by atoms with Gasteiger partial charge in [0.1, 0.15) is 5.75 Å². The Morgan fingerprint density at radius 2 is 1.59 bits per heavy atom. The van der Waals surface area contributed by atoms with Gasteiger partial charge in [-0.15, -0.1) is 0 Å². The van der Waals surface area contributed by atoms with Crippen LogP contribution < -0.4 is 10.1 Å². The lowest BCUT2D eigenvalue weighted by Gasteiger charge is -2.43. The van der Waals surface area contributed by atoms with Crippen molar-refractivity contribution >= 4 is 23.2 Å². The van der Waals surface area contributed by atoms with Crippen molar-refractivity contribution in [1.82, 2.24) is 4.90 Å². The maximum absolute atomic E-state index is 13.3. The number of ether oxygens (including phenoxy) is 1. The topological polar surface area (TPSA) is 75.7 Å². The van der Waals surface area contributed by atoms with Crippen molar-refractivity contribution in [3.63, 3.8) is 0 Å². The first-order chi connectivity index (χ1) is 17.9. The second-order valence-electron chi connectivity index (χ2n) is 10.2. The van der Waals surface area contributed by atoms with Crippen LogP contribution in [0.4, 0.5) is 5.69 Å². The monoisotopic (exact) mass is 498 g/mol. The number of rotatable bonds is 6. The number of allylic oxidation sites excluding steroid dienone is 4. The minimum Gasteiger partial charge on any atom is -0.484 e. The van der Waals surface area contributed by atoms with E-state index in [4.69, 9.17) is 4.74 Å². The molecule has 3 aliphatic rings. The molecule has 192 valence electrons. The third kappa shape index (κ3) is 4.85. The van der Waals surface area contributed by atoms with Crippen LogP contribution in [0, 0.1) is 13.8 Å². The Kier molecular flexibility index (Phi) is 7.00.